The summed E-state index contributed by atoms with van der Waals surface area (Å²) >= 11 is 0. The van der Waals surface area contributed by atoms with Crippen LogP contribution in [-0.4, -0.2) is 48.3 Å². The Hall–Kier alpha value is -0.120. The highest BCUT2D eigenvalue weighted by atomic mass is 16.3. The van der Waals surface area contributed by atoms with Crippen LogP contribution in [0.5, 0.6) is 0 Å². The molecule has 3 heteroatoms. The molecule has 2 unspecified atom stereocenters. The summed E-state index contributed by atoms with van der Waals surface area (Å²) in [6, 6.07) is 1.42. The first-order valence-electron chi connectivity index (χ1n) is 7.43. The summed E-state index contributed by atoms with van der Waals surface area (Å²) in [5.74, 6) is 0.969. The van der Waals surface area contributed by atoms with Gasteiger partial charge in [-0.05, 0) is 44.6 Å². The van der Waals surface area contributed by atoms with Crippen molar-refractivity contribution in [3.05, 3.63) is 0 Å². The van der Waals surface area contributed by atoms with Crippen molar-refractivity contribution in [1.82, 2.24) is 10.2 Å². The van der Waals surface area contributed by atoms with Crippen LogP contribution < -0.4 is 5.32 Å². The van der Waals surface area contributed by atoms with Gasteiger partial charge in [-0.15, -0.1) is 0 Å². The summed E-state index contributed by atoms with van der Waals surface area (Å²) in [5, 5.41) is 12.3. The van der Waals surface area contributed by atoms with Gasteiger partial charge in [0.05, 0.1) is 6.61 Å². The van der Waals surface area contributed by atoms with E-state index >= 15 is 0 Å². The fourth-order valence-corrected chi connectivity index (χ4v) is 3.46. The first-order chi connectivity index (χ1) is 8.35. The number of aliphatic hydroxyl groups excluding tert-OH is 1. The van der Waals surface area contributed by atoms with E-state index in [1.54, 1.807) is 0 Å². The smallest absolute Gasteiger partial charge is 0.0556 e. The summed E-state index contributed by atoms with van der Waals surface area (Å²) in [5.41, 5.74) is 0. The molecule has 0 bridgehead atoms. The molecule has 3 nitrogen and oxygen atoms in total. The minimum Gasteiger partial charge on any atom is -0.395 e. The number of rotatable bonds is 6. The molecule has 1 saturated carbocycles. The van der Waals surface area contributed by atoms with Gasteiger partial charge in [-0.1, -0.05) is 13.3 Å². The van der Waals surface area contributed by atoms with Gasteiger partial charge >= 0.3 is 0 Å². The van der Waals surface area contributed by atoms with E-state index in [-0.39, 0.29) is 6.61 Å². The number of nitrogens with one attached hydrogen (secondary N) is 1. The molecule has 1 heterocycles. The van der Waals surface area contributed by atoms with Gasteiger partial charge in [-0.3, -0.25) is 4.90 Å². The van der Waals surface area contributed by atoms with Gasteiger partial charge in [0, 0.05) is 25.2 Å². The highest BCUT2D eigenvalue weighted by Gasteiger charge is 2.32. The SMILES string of the molecule is CCC(C1CCC1)N1CCCC(NCCO)C1. The number of aliphatic hydroxyl groups is 1. The first-order valence-corrected chi connectivity index (χ1v) is 7.43. The molecule has 2 fully saturated rings. The number of piperidine rings is 1. The molecule has 2 N–H and O–H groups in total. The summed E-state index contributed by atoms with van der Waals surface area (Å²) in [6.45, 7) is 5.82. The Morgan fingerprint density at radius 1 is 1.29 bits per heavy atom. The van der Waals surface area contributed by atoms with Gasteiger partial charge in [-0.25, -0.2) is 0 Å². The molecule has 0 aromatic heterocycles. The Balaban J connectivity index is 1.81. The molecule has 1 aliphatic carbocycles. The Morgan fingerprint density at radius 3 is 2.71 bits per heavy atom. The highest BCUT2D eigenvalue weighted by molar-refractivity contribution is 4.88. The van der Waals surface area contributed by atoms with Gasteiger partial charge in [0.1, 0.15) is 0 Å². The van der Waals surface area contributed by atoms with E-state index in [4.69, 9.17) is 5.11 Å². The first kappa shape index (κ1) is 13.3. The fourth-order valence-electron chi connectivity index (χ4n) is 3.46. The molecule has 0 aromatic carbocycles. The third-order valence-electron chi connectivity index (χ3n) is 4.58. The van der Waals surface area contributed by atoms with Crippen LogP contribution in [0.1, 0.15) is 45.4 Å². The largest absolute Gasteiger partial charge is 0.395 e. The van der Waals surface area contributed by atoms with Crippen LogP contribution in [0.3, 0.4) is 0 Å². The molecular formula is C14H28N2O. The molecule has 0 amide bonds. The molecule has 0 radical (unpaired) electrons. The fraction of sp³-hybridized carbons (Fsp3) is 1.00. The third kappa shape index (κ3) is 3.43. The maximum Gasteiger partial charge on any atom is 0.0556 e. The molecule has 0 spiro atoms. The van der Waals surface area contributed by atoms with Gasteiger partial charge in [0.15, 0.2) is 0 Å². The second kappa shape index (κ2) is 6.72. The number of nitrogens with zero attached hydrogens (tertiary/aromatic N) is 1. The topological polar surface area (TPSA) is 35.5 Å². The van der Waals surface area contributed by atoms with Crippen molar-refractivity contribution in [2.75, 3.05) is 26.2 Å². The van der Waals surface area contributed by atoms with E-state index in [2.05, 4.69) is 17.1 Å². The van der Waals surface area contributed by atoms with Crippen molar-refractivity contribution in [2.45, 2.75) is 57.5 Å². The van der Waals surface area contributed by atoms with Crippen molar-refractivity contribution >= 4 is 0 Å². The average molecular weight is 240 g/mol. The predicted octanol–water partition coefficient (Wildman–Crippen LogP) is 1.61. The molecule has 1 aliphatic heterocycles. The number of hydrogen-bond donors (Lipinski definition) is 2. The quantitative estimate of drug-likeness (QED) is 0.740. The monoisotopic (exact) mass is 240 g/mol. The van der Waals surface area contributed by atoms with E-state index < -0.39 is 0 Å². The molecule has 17 heavy (non-hydrogen) atoms. The van der Waals surface area contributed by atoms with Crippen molar-refractivity contribution in [3.8, 4) is 0 Å². The van der Waals surface area contributed by atoms with Crippen molar-refractivity contribution in [3.63, 3.8) is 0 Å². The predicted molar refractivity (Wildman–Crippen MR) is 71.1 cm³/mol. The number of likely N-dealkylation sites (tertiary alicyclic amines) is 1. The van der Waals surface area contributed by atoms with Crippen LogP contribution >= 0.6 is 0 Å². The minimum atomic E-state index is 0.260. The van der Waals surface area contributed by atoms with Gasteiger partial charge in [0.25, 0.3) is 0 Å². The summed E-state index contributed by atoms with van der Waals surface area (Å²) in [7, 11) is 0. The molecule has 2 aliphatic rings. The van der Waals surface area contributed by atoms with Crippen molar-refractivity contribution in [2.24, 2.45) is 5.92 Å². The van der Waals surface area contributed by atoms with Crippen LogP contribution in [-0.2, 0) is 0 Å². The third-order valence-corrected chi connectivity index (χ3v) is 4.58. The van der Waals surface area contributed by atoms with Gasteiger partial charge in [0.2, 0.25) is 0 Å². The molecule has 2 rings (SSSR count). The van der Waals surface area contributed by atoms with E-state index in [0.717, 1.165) is 18.5 Å². The Bertz CT molecular complexity index is 218. The zero-order valence-corrected chi connectivity index (χ0v) is 11.2. The van der Waals surface area contributed by atoms with E-state index in [9.17, 15) is 0 Å². The lowest BCUT2D eigenvalue weighted by Gasteiger charge is -2.44. The zero-order chi connectivity index (χ0) is 12.1. The second-order valence-corrected chi connectivity index (χ2v) is 5.68. The maximum atomic E-state index is 8.88. The van der Waals surface area contributed by atoms with Crippen LogP contribution in [0.25, 0.3) is 0 Å². The summed E-state index contributed by atoms with van der Waals surface area (Å²) in [6.07, 6.45) is 8.23. The Morgan fingerprint density at radius 2 is 2.12 bits per heavy atom. The van der Waals surface area contributed by atoms with Crippen molar-refractivity contribution in [1.29, 1.82) is 0 Å². The van der Waals surface area contributed by atoms with Gasteiger partial charge in [-0.2, -0.15) is 0 Å². The van der Waals surface area contributed by atoms with Crippen LogP contribution in [0, 0.1) is 5.92 Å². The molecule has 2 atom stereocenters. The van der Waals surface area contributed by atoms with E-state index in [0.29, 0.717) is 6.04 Å². The van der Waals surface area contributed by atoms with Crippen LogP contribution in [0.4, 0.5) is 0 Å². The lowest BCUT2D eigenvalue weighted by Crippen LogP contribution is -2.52. The zero-order valence-electron chi connectivity index (χ0n) is 11.2. The second-order valence-electron chi connectivity index (χ2n) is 5.68. The number of hydrogen-bond acceptors (Lipinski definition) is 3. The molecule has 100 valence electrons. The Labute approximate surface area is 106 Å². The van der Waals surface area contributed by atoms with E-state index in [1.807, 2.05) is 0 Å². The van der Waals surface area contributed by atoms with Crippen LogP contribution in [0.15, 0.2) is 0 Å². The maximum absolute atomic E-state index is 8.88. The standard InChI is InChI=1S/C14H28N2O/c1-2-14(12-5-3-6-12)16-9-4-7-13(11-16)15-8-10-17/h12-15,17H,2-11H2,1H3. The molecule has 0 aromatic rings. The normalized spacial score (nSPS) is 28.9. The lowest BCUT2D eigenvalue weighted by molar-refractivity contribution is 0.0620. The van der Waals surface area contributed by atoms with E-state index in [1.165, 1.54) is 51.6 Å². The Kier molecular flexibility index (Phi) is 5.26. The minimum absolute atomic E-state index is 0.260. The van der Waals surface area contributed by atoms with Crippen molar-refractivity contribution < 1.29 is 5.11 Å². The van der Waals surface area contributed by atoms with Crippen LogP contribution in [0.2, 0.25) is 0 Å². The molecule has 1 saturated heterocycles. The summed E-state index contributed by atoms with van der Waals surface area (Å²) in [4.78, 5) is 2.71. The lowest BCUT2D eigenvalue weighted by atomic mass is 9.77. The van der Waals surface area contributed by atoms with Gasteiger partial charge < -0.3 is 10.4 Å². The molecular weight excluding hydrogens is 212 g/mol. The average Bonchev–Trinajstić information content (AvgIpc) is 2.31. The summed E-state index contributed by atoms with van der Waals surface area (Å²) < 4.78 is 0. The highest BCUT2D eigenvalue weighted by Crippen LogP contribution is 2.34.